The SMILES string of the molecule is CCOC(C)(OCC)C(=O)CCC(C)[N+](=O)[O-]. The maximum absolute atomic E-state index is 11.9. The van der Waals surface area contributed by atoms with Gasteiger partial charge in [0.05, 0.1) is 0 Å². The molecule has 0 aliphatic rings. The number of hydrogen-bond acceptors (Lipinski definition) is 5. The molecule has 0 aromatic rings. The molecule has 0 saturated heterocycles. The van der Waals surface area contributed by atoms with Gasteiger partial charge in [-0.05, 0) is 20.8 Å². The third-order valence-corrected chi connectivity index (χ3v) is 2.50. The quantitative estimate of drug-likeness (QED) is 0.352. The maximum atomic E-state index is 11.9. The van der Waals surface area contributed by atoms with Crippen molar-refractivity contribution in [3.8, 4) is 0 Å². The number of ether oxygens (including phenoxy) is 2. The molecule has 1 atom stereocenters. The van der Waals surface area contributed by atoms with Crippen LogP contribution in [0.25, 0.3) is 0 Å². The molecule has 0 aromatic carbocycles. The molecule has 100 valence electrons. The zero-order valence-electron chi connectivity index (χ0n) is 10.9. The predicted molar refractivity (Wildman–Crippen MR) is 62.4 cm³/mol. The molecule has 1 unspecified atom stereocenters. The van der Waals surface area contributed by atoms with Crippen molar-refractivity contribution in [2.45, 2.75) is 52.4 Å². The smallest absolute Gasteiger partial charge is 0.225 e. The van der Waals surface area contributed by atoms with Crippen molar-refractivity contribution >= 4 is 5.78 Å². The normalized spacial score (nSPS) is 13.4. The van der Waals surface area contributed by atoms with Crippen molar-refractivity contribution in [3.63, 3.8) is 0 Å². The van der Waals surface area contributed by atoms with Crippen molar-refractivity contribution in [2.75, 3.05) is 13.2 Å². The van der Waals surface area contributed by atoms with Crippen LogP contribution in [0.4, 0.5) is 0 Å². The number of nitro groups is 1. The molecule has 0 saturated carbocycles. The van der Waals surface area contributed by atoms with Gasteiger partial charge in [0.2, 0.25) is 11.8 Å². The molecular weight excluding hydrogens is 226 g/mol. The first kappa shape index (κ1) is 16.0. The van der Waals surface area contributed by atoms with Gasteiger partial charge in [-0.15, -0.1) is 0 Å². The average Bonchev–Trinajstić information content (AvgIpc) is 2.25. The van der Waals surface area contributed by atoms with Crippen molar-refractivity contribution < 1.29 is 19.2 Å². The lowest BCUT2D eigenvalue weighted by molar-refractivity contribution is -0.518. The highest BCUT2D eigenvalue weighted by Crippen LogP contribution is 2.18. The summed E-state index contributed by atoms with van der Waals surface area (Å²) in [7, 11) is 0. The predicted octanol–water partition coefficient (Wildman–Crippen LogP) is 1.79. The van der Waals surface area contributed by atoms with Crippen molar-refractivity contribution in [1.82, 2.24) is 0 Å². The second-order valence-corrected chi connectivity index (χ2v) is 3.91. The average molecular weight is 247 g/mol. The molecule has 0 N–H and O–H groups in total. The van der Waals surface area contributed by atoms with Crippen LogP contribution in [0.15, 0.2) is 0 Å². The lowest BCUT2D eigenvalue weighted by Gasteiger charge is -2.27. The molecule has 0 aliphatic carbocycles. The summed E-state index contributed by atoms with van der Waals surface area (Å²) in [5.41, 5.74) is 0. The lowest BCUT2D eigenvalue weighted by Crippen LogP contribution is -2.42. The van der Waals surface area contributed by atoms with Crippen molar-refractivity contribution in [1.29, 1.82) is 0 Å². The first-order valence-corrected chi connectivity index (χ1v) is 5.82. The molecule has 0 bridgehead atoms. The summed E-state index contributed by atoms with van der Waals surface area (Å²) in [6, 6.07) is -0.730. The standard InChI is InChI=1S/C11H21NO5/c1-5-16-11(4,17-6-2)10(13)8-7-9(3)12(14)15/h9H,5-8H2,1-4H3. The summed E-state index contributed by atoms with van der Waals surface area (Å²) in [4.78, 5) is 21.9. The second-order valence-electron chi connectivity index (χ2n) is 3.91. The van der Waals surface area contributed by atoms with Crippen LogP contribution < -0.4 is 0 Å². The Morgan fingerprint density at radius 1 is 1.35 bits per heavy atom. The Kier molecular flexibility index (Phi) is 6.91. The third kappa shape index (κ3) is 5.23. The van der Waals surface area contributed by atoms with E-state index in [2.05, 4.69) is 0 Å². The van der Waals surface area contributed by atoms with Crippen LogP contribution in [0.1, 0.15) is 40.5 Å². The van der Waals surface area contributed by atoms with E-state index >= 15 is 0 Å². The van der Waals surface area contributed by atoms with Crippen molar-refractivity contribution in [2.24, 2.45) is 0 Å². The summed E-state index contributed by atoms with van der Waals surface area (Å²) in [6.07, 6.45) is 0.278. The van der Waals surface area contributed by atoms with Crippen LogP contribution in [-0.4, -0.2) is 35.7 Å². The Morgan fingerprint density at radius 2 is 1.82 bits per heavy atom. The van der Waals surface area contributed by atoms with E-state index in [1.807, 2.05) is 0 Å². The van der Waals surface area contributed by atoms with Gasteiger partial charge < -0.3 is 9.47 Å². The Hall–Kier alpha value is -1.01. The minimum Gasteiger partial charge on any atom is -0.344 e. The van der Waals surface area contributed by atoms with E-state index in [1.54, 1.807) is 20.8 Å². The summed E-state index contributed by atoms with van der Waals surface area (Å²) in [5, 5.41) is 10.4. The number of ketones is 1. The Balaban J connectivity index is 4.38. The molecule has 0 amide bonds. The molecule has 0 fully saturated rings. The fourth-order valence-electron chi connectivity index (χ4n) is 1.43. The van der Waals surface area contributed by atoms with Gasteiger partial charge in [-0.25, -0.2) is 0 Å². The van der Waals surface area contributed by atoms with E-state index in [0.29, 0.717) is 13.2 Å². The first-order chi connectivity index (χ1) is 7.87. The van der Waals surface area contributed by atoms with Gasteiger partial charge in [0.1, 0.15) is 0 Å². The van der Waals surface area contributed by atoms with Crippen LogP contribution in [0.3, 0.4) is 0 Å². The molecule has 6 nitrogen and oxygen atoms in total. The Morgan fingerprint density at radius 3 is 2.18 bits per heavy atom. The van der Waals surface area contributed by atoms with Gasteiger partial charge in [0.25, 0.3) is 0 Å². The van der Waals surface area contributed by atoms with Gasteiger partial charge in [0.15, 0.2) is 5.78 Å². The molecular formula is C11H21NO5. The number of nitrogens with zero attached hydrogens (tertiary/aromatic N) is 1. The van der Waals surface area contributed by atoms with E-state index in [0.717, 1.165) is 0 Å². The number of rotatable bonds is 9. The third-order valence-electron chi connectivity index (χ3n) is 2.50. The highest BCUT2D eigenvalue weighted by molar-refractivity contribution is 5.85. The lowest BCUT2D eigenvalue weighted by atomic mass is 10.1. The first-order valence-electron chi connectivity index (χ1n) is 5.82. The summed E-state index contributed by atoms with van der Waals surface area (Å²) in [5.74, 6) is -1.53. The zero-order chi connectivity index (χ0) is 13.5. The molecule has 0 aromatic heterocycles. The van der Waals surface area contributed by atoms with E-state index in [1.165, 1.54) is 6.92 Å². The molecule has 0 rings (SSSR count). The molecule has 17 heavy (non-hydrogen) atoms. The topological polar surface area (TPSA) is 78.7 Å². The van der Waals surface area contributed by atoms with Crippen LogP contribution in [0.5, 0.6) is 0 Å². The Bertz CT molecular complexity index is 261. The number of hydrogen-bond donors (Lipinski definition) is 0. The molecule has 0 aliphatic heterocycles. The van der Waals surface area contributed by atoms with E-state index in [-0.39, 0.29) is 18.6 Å². The van der Waals surface area contributed by atoms with Crippen LogP contribution >= 0.6 is 0 Å². The minimum atomic E-state index is -1.28. The Labute approximate surface area is 101 Å². The van der Waals surface area contributed by atoms with Gasteiger partial charge >= 0.3 is 0 Å². The summed E-state index contributed by atoms with van der Waals surface area (Å²) in [6.45, 7) is 7.28. The van der Waals surface area contributed by atoms with Crippen LogP contribution in [0.2, 0.25) is 0 Å². The van der Waals surface area contributed by atoms with Crippen LogP contribution in [-0.2, 0) is 14.3 Å². The number of carbonyl (C=O) groups excluding carboxylic acids is 1. The minimum absolute atomic E-state index is 0.0820. The van der Waals surface area contributed by atoms with Gasteiger partial charge in [-0.1, -0.05) is 0 Å². The zero-order valence-corrected chi connectivity index (χ0v) is 10.9. The van der Waals surface area contributed by atoms with Gasteiger partial charge in [-0.2, -0.15) is 0 Å². The largest absolute Gasteiger partial charge is 0.344 e. The van der Waals surface area contributed by atoms with E-state index in [4.69, 9.17) is 9.47 Å². The molecule has 6 heteroatoms. The van der Waals surface area contributed by atoms with Crippen molar-refractivity contribution in [3.05, 3.63) is 10.1 Å². The molecule has 0 radical (unpaired) electrons. The number of Topliss-reactive ketones (excluding diaryl/α,β-unsaturated/α-hetero) is 1. The summed E-state index contributed by atoms with van der Waals surface area (Å²) >= 11 is 0. The monoisotopic (exact) mass is 247 g/mol. The number of carbonyl (C=O) groups is 1. The van der Waals surface area contributed by atoms with E-state index in [9.17, 15) is 14.9 Å². The van der Waals surface area contributed by atoms with Crippen LogP contribution in [0, 0.1) is 10.1 Å². The maximum Gasteiger partial charge on any atom is 0.225 e. The fourth-order valence-corrected chi connectivity index (χ4v) is 1.43. The summed E-state index contributed by atoms with van der Waals surface area (Å²) < 4.78 is 10.6. The van der Waals surface area contributed by atoms with Gasteiger partial charge in [0, 0.05) is 37.9 Å². The second kappa shape index (κ2) is 7.34. The molecule has 0 spiro atoms. The molecule has 0 heterocycles. The van der Waals surface area contributed by atoms with Gasteiger partial charge in [-0.3, -0.25) is 14.9 Å². The fraction of sp³-hybridized carbons (Fsp3) is 0.909. The highest BCUT2D eigenvalue weighted by atomic mass is 16.7. The highest BCUT2D eigenvalue weighted by Gasteiger charge is 2.34. The van der Waals surface area contributed by atoms with E-state index < -0.39 is 16.8 Å².